The first kappa shape index (κ1) is 15.4. The van der Waals surface area contributed by atoms with Crippen LogP contribution in [0, 0.1) is 0 Å². The molecule has 6 heteroatoms. The zero-order valence-electron chi connectivity index (χ0n) is 12.9. The second-order valence-electron chi connectivity index (χ2n) is 5.14. The smallest absolute Gasteiger partial charge is 0.251 e. The highest BCUT2D eigenvalue weighted by Gasteiger charge is 2.23. The molecule has 1 atom stereocenters. The molecule has 1 aromatic carbocycles. The lowest BCUT2D eigenvalue weighted by molar-refractivity contribution is 0.0937. The summed E-state index contributed by atoms with van der Waals surface area (Å²) in [5, 5.41) is 3.03. The number of hydrogen-bond donors (Lipinski definition) is 1. The van der Waals surface area contributed by atoms with Crippen LogP contribution in [0.3, 0.4) is 0 Å². The van der Waals surface area contributed by atoms with Gasteiger partial charge in [0.05, 0.1) is 21.3 Å². The lowest BCUT2D eigenvalue weighted by Gasteiger charge is -2.16. The number of likely N-dealkylation sites (tertiary alicyclic amines) is 1. The highest BCUT2D eigenvalue weighted by atomic mass is 16.5. The minimum absolute atomic E-state index is 0.130. The molecule has 0 aliphatic carbocycles. The lowest BCUT2D eigenvalue weighted by Crippen LogP contribution is -2.36. The molecule has 0 saturated carbocycles. The van der Waals surface area contributed by atoms with E-state index in [1.165, 1.54) is 21.3 Å². The largest absolute Gasteiger partial charge is 0.493 e. The number of carbonyl (C=O) groups is 1. The van der Waals surface area contributed by atoms with Crippen LogP contribution < -0.4 is 19.5 Å². The van der Waals surface area contributed by atoms with Gasteiger partial charge in [0.15, 0.2) is 11.5 Å². The molecule has 0 radical (unpaired) electrons. The Labute approximate surface area is 125 Å². The lowest BCUT2D eigenvalue weighted by atomic mass is 10.1. The second kappa shape index (κ2) is 6.67. The van der Waals surface area contributed by atoms with Crippen LogP contribution in [0.2, 0.25) is 0 Å². The van der Waals surface area contributed by atoms with E-state index in [2.05, 4.69) is 10.2 Å². The number of carbonyl (C=O) groups excluding carboxylic acids is 1. The van der Waals surface area contributed by atoms with Crippen molar-refractivity contribution < 1.29 is 19.0 Å². The van der Waals surface area contributed by atoms with Crippen LogP contribution in [-0.2, 0) is 0 Å². The van der Waals surface area contributed by atoms with Gasteiger partial charge in [0.25, 0.3) is 5.91 Å². The third-order valence-electron chi connectivity index (χ3n) is 3.65. The number of methoxy groups -OCH3 is 3. The van der Waals surface area contributed by atoms with Crippen LogP contribution >= 0.6 is 0 Å². The number of rotatable bonds is 5. The van der Waals surface area contributed by atoms with Crippen LogP contribution in [-0.4, -0.2) is 58.3 Å². The van der Waals surface area contributed by atoms with Crippen molar-refractivity contribution in [3.63, 3.8) is 0 Å². The van der Waals surface area contributed by atoms with Gasteiger partial charge in [-0.05, 0) is 32.1 Å². The van der Waals surface area contributed by atoms with Crippen molar-refractivity contribution >= 4 is 5.91 Å². The average Bonchev–Trinajstić information content (AvgIpc) is 2.90. The Kier molecular flexibility index (Phi) is 4.90. The molecular weight excluding hydrogens is 272 g/mol. The van der Waals surface area contributed by atoms with E-state index < -0.39 is 0 Å². The Bertz CT molecular complexity index is 493. The van der Waals surface area contributed by atoms with E-state index in [0.29, 0.717) is 22.8 Å². The molecule has 1 unspecified atom stereocenters. The van der Waals surface area contributed by atoms with Crippen molar-refractivity contribution in [2.24, 2.45) is 0 Å². The van der Waals surface area contributed by atoms with E-state index in [4.69, 9.17) is 14.2 Å². The van der Waals surface area contributed by atoms with E-state index in [0.717, 1.165) is 19.5 Å². The van der Waals surface area contributed by atoms with Crippen LogP contribution in [0.5, 0.6) is 17.2 Å². The fourth-order valence-corrected chi connectivity index (χ4v) is 2.53. The van der Waals surface area contributed by atoms with Crippen LogP contribution in [0.25, 0.3) is 0 Å². The minimum atomic E-state index is -0.130. The Hall–Kier alpha value is -1.95. The zero-order valence-corrected chi connectivity index (χ0v) is 12.9. The quantitative estimate of drug-likeness (QED) is 0.882. The molecule has 1 aliphatic rings. The Balaban J connectivity index is 2.20. The predicted octanol–water partition coefficient (Wildman–Crippen LogP) is 1.15. The van der Waals surface area contributed by atoms with Gasteiger partial charge in [-0.2, -0.15) is 0 Å². The maximum absolute atomic E-state index is 12.4. The second-order valence-corrected chi connectivity index (χ2v) is 5.14. The molecule has 1 aromatic rings. The van der Waals surface area contributed by atoms with Gasteiger partial charge >= 0.3 is 0 Å². The fourth-order valence-electron chi connectivity index (χ4n) is 2.53. The number of hydrogen-bond acceptors (Lipinski definition) is 5. The monoisotopic (exact) mass is 294 g/mol. The summed E-state index contributed by atoms with van der Waals surface area (Å²) in [5.41, 5.74) is 0.499. The van der Waals surface area contributed by atoms with Crippen LogP contribution in [0.1, 0.15) is 16.8 Å². The molecule has 0 bridgehead atoms. The third kappa shape index (κ3) is 3.39. The van der Waals surface area contributed by atoms with E-state index in [-0.39, 0.29) is 11.9 Å². The first-order valence-electron chi connectivity index (χ1n) is 6.88. The van der Waals surface area contributed by atoms with Gasteiger partial charge in [-0.25, -0.2) is 0 Å². The van der Waals surface area contributed by atoms with Crippen molar-refractivity contribution in [2.45, 2.75) is 12.5 Å². The fraction of sp³-hybridized carbons (Fsp3) is 0.533. The summed E-state index contributed by atoms with van der Waals surface area (Å²) in [5.74, 6) is 1.31. The van der Waals surface area contributed by atoms with Gasteiger partial charge in [-0.3, -0.25) is 4.79 Å². The van der Waals surface area contributed by atoms with Crippen LogP contribution in [0.4, 0.5) is 0 Å². The molecule has 1 heterocycles. The number of nitrogens with one attached hydrogen (secondary N) is 1. The Morgan fingerprint density at radius 2 is 1.81 bits per heavy atom. The third-order valence-corrected chi connectivity index (χ3v) is 3.65. The van der Waals surface area contributed by atoms with Gasteiger partial charge in [-0.15, -0.1) is 0 Å². The highest BCUT2D eigenvalue weighted by Crippen LogP contribution is 2.38. The Morgan fingerprint density at radius 3 is 2.24 bits per heavy atom. The van der Waals surface area contributed by atoms with Crippen molar-refractivity contribution in [3.8, 4) is 17.2 Å². The average molecular weight is 294 g/mol. The molecule has 6 nitrogen and oxygen atoms in total. The highest BCUT2D eigenvalue weighted by molar-refractivity contribution is 5.95. The molecule has 1 N–H and O–H groups in total. The van der Waals surface area contributed by atoms with E-state index in [1.54, 1.807) is 12.1 Å². The minimum Gasteiger partial charge on any atom is -0.493 e. The maximum Gasteiger partial charge on any atom is 0.251 e. The van der Waals surface area contributed by atoms with Crippen molar-refractivity contribution in [1.82, 2.24) is 10.2 Å². The summed E-state index contributed by atoms with van der Waals surface area (Å²) in [6.45, 7) is 1.87. The molecule has 2 rings (SSSR count). The molecule has 116 valence electrons. The summed E-state index contributed by atoms with van der Waals surface area (Å²) in [7, 11) is 6.65. The zero-order chi connectivity index (χ0) is 15.4. The molecule has 1 aliphatic heterocycles. The molecule has 1 saturated heterocycles. The molecule has 21 heavy (non-hydrogen) atoms. The number of ether oxygens (including phenoxy) is 3. The summed E-state index contributed by atoms with van der Waals surface area (Å²) >= 11 is 0. The Morgan fingerprint density at radius 1 is 1.19 bits per heavy atom. The molecule has 1 amide bonds. The van der Waals surface area contributed by atoms with Gasteiger partial charge in [0.1, 0.15) is 0 Å². The summed E-state index contributed by atoms with van der Waals surface area (Å²) in [6.07, 6.45) is 0.965. The van der Waals surface area contributed by atoms with E-state index in [9.17, 15) is 4.79 Å². The maximum atomic E-state index is 12.4. The normalized spacial score (nSPS) is 18.4. The summed E-state index contributed by atoms with van der Waals surface area (Å²) < 4.78 is 15.8. The SMILES string of the molecule is COc1cc(C(=O)NC2CCN(C)C2)cc(OC)c1OC. The summed E-state index contributed by atoms with van der Waals surface area (Å²) in [6, 6.07) is 3.51. The first-order chi connectivity index (χ1) is 10.1. The summed E-state index contributed by atoms with van der Waals surface area (Å²) in [4.78, 5) is 14.6. The standard InChI is InChI=1S/C15H22N2O4/c1-17-6-5-11(9-17)16-15(18)10-7-12(19-2)14(21-4)13(8-10)20-3/h7-8,11H,5-6,9H2,1-4H3,(H,16,18). The van der Waals surface area contributed by atoms with E-state index >= 15 is 0 Å². The van der Waals surface area contributed by atoms with Crippen LogP contribution in [0.15, 0.2) is 12.1 Å². The van der Waals surface area contributed by atoms with E-state index in [1.807, 2.05) is 7.05 Å². The van der Waals surface area contributed by atoms with Crippen molar-refractivity contribution in [1.29, 1.82) is 0 Å². The van der Waals surface area contributed by atoms with Gasteiger partial charge in [0.2, 0.25) is 5.75 Å². The number of likely N-dealkylation sites (N-methyl/N-ethyl adjacent to an activating group) is 1. The predicted molar refractivity (Wildman–Crippen MR) is 79.5 cm³/mol. The number of amides is 1. The van der Waals surface area contributed by atoms with Gasteiger partial charge in [-0.1, -0.05) is 0 Å². The van der Waals surface area contributed by atoms with Crippen molar-refractivity contribution in [2.75, 3.05) is 41.5 Å². The number of nitrogens with zero attached hydrogens (tertiary/aromatic N) is 1. The van der Waals surface area contributed by atoms with Gasteiger partial charge in [0, 0.05) is 18.2 Å². The molecule has 0 spiro atoms. The number of benzene rings is 1. The topological polar surface area (TPSA) is 60.0 Å². The molecule has 1 fully saturated rings. The van der Waals surface area contributed by atoms with Gasteiger partial charge < -0.3 is 24.4 Å². The molecular formula is C15H22N2O4. The molecule has 0 aromatic heterocycles. The first-order valence-corrected chi connectivity index (χ1v) is 6.88. The van der Waals surface area contributed by atoms with Crippen molar-refractivity contribution in [3.05, 3.63) is 17.7 Å².